The first-order chi connectivity index (χ1) is 15.0. The number of nitrogens with zero attached hydrogens (tertiary/aromatic N) is 3. The molecule has 31 heavy (non-hydrogen) atoms. The molecule has 3 aromatic rings. The lowest BCUT2D eigenvalue weighted by Gasteiger charge is -2.18. The van der Waals surface area contributed by atoms with E-state index in [0.29, 0.717) is 17.4 Å². The van der Waals surface area contributed by atoms with E-state index in [9.17, 15) is 9.59 Å². The first kappa shape index (κ1) is 20.2. The van der Waals surface area contributed by atoms with Crippen LogP contribution in [-0.2, 0) is 16.1 Å². The van der Waals surface area contributed by atoms with Gasteiger partial charge < -0.3 is 14.2 Å². The Morgan fingerprint density at radius 2 is 1.90 bits per heavy atom. The minimum atomic E-state index is -0.359. The molecule has 1 atom stereocenters. The van der Waals surface area contributed by atoms with Crippen molar-refractivity contribution >= 4 is 38.8 Å². The van der Waals surface area contributed by atoms with Gasteiger partial charge in [0.2, 0.25) is 5.91 Å². The minimum absolute atomic E-state index is 0.258. The Bertz CT molecular complexity index is 1150. The Labute approximate surface area is 189 Å². The van der Waals surface area contributed by atoms with Gasteiger partial charge in [-0.3, -0.25) is 4.79 Å². The highest BCUT2D eigenvalue weighted by Gasteiger charge is 2.36. The van der Waals surface area contributed by atoms with Gasteiger partial charge in [0, 0.05) is 35.6 Å². The van der Waals surface area contributed by atoms with Gasteiger partial charge in [0.15, 0.2) is 0 Å². The van der Waals surface area contributed by atoms with Crippen LogP contribution in [0.3, 0.4) is 0 Å². The summed E-state index contributed by atoms with van der Waals surface area (Å²) < 4.78 is 8.12. The molecular weight excluding hydrogens is 458 g/mol. The standard InChI is InChI=1S/C24H24BrN3O3/c1-31-24(30)18-6-9-20-21(12-18)28(22(26-20)16-4-7-19(25)8-5-16)14-15-10-11-27(13-15)23(29)17-2-3-17/h4-9,12,15,17H,2-3,10-11,13-14H2,1H3/t15-/m1/s1. The number of esters is 1. The monoisotopic (exact) mass is 481 g/mol. The predicted octanol–water partition coefficient (Wildman–Crippen LogP) is 4.51. The SMILES string of the molecule is COC(=O)c1ccc2nc(-c3ccc(Br)cc3)n(C[C@@H]3CCN(C(=O)C4CC4)C3)c2c1. The number of likely N-dealkylation sites (tertiary alicyclic amines) is 1. The second kappa shape index (κ2) is 8.11. The average Bonchev–Trinajstić information content (AvgIpc) is 3.44. The maximum atomic E-state index is 12.5. The molecule has 1 amide bonds. The van der Waals surface area contributed by atoms with Crippen LogP contribution in [0.4, 0.5) is 0 Å². The largest absolute Gasteiger partial charge is 0.465 e. The van der Waals surface area contributed by atoms with Gasteiger partial charge in [0.25, 0.3) is 0 Å². The van der Waals surface area contributed by atoms with Crippen LogP contribution in [-0.4, -0.2) is 46.5 Å². The van der Waals surface area contributed by atoms with Crippen molar-refractivity contribution in [1.29, 1.82) is 0 Å². The van der Waals surface area contributed by atoms with E-state index >= 15 is 0 Å². The highest BCUT2D eigenvalue weighted by molar-refractivity contribution is 9.10. The molecule has 1 saturated heterocycles. The number of amides is 1. The number of methoxy groups -OCH3 is 1. The third-order valence-electron chi connectivity index (χ3n) is 6.24. The van der Waals surface area contributed by atoms with Gasteiger partial charge in [0.1, 0.15) is 5.82 Å². The molecule has 0 N–H and O–H groups in total. The molecule has 2 aromatic carbocycles. The number of ether oxygens (including phenoxy) is 1. The molecule has 6 nitrogen and oxygen atoms in total. The topological polar surface area (TPSA) is 64.4 Å². The first-order valence-electron chi connectivity index (χ1n) is 10.7. The molecule has 1 saturated carbocycles. The third kappa shape index (κ3) is 3.99. The zero-order valence-electron chi connectivity index (χ0n) is 17.4. The van der Waals surface area contributed by atoms with Crippen molar-refractivity contribution in [2.75, 3.05) is 20.2 Å². The maximum Gasteiger partial charge on any atom is 0.337 e. The normalized spacial score (nSPS) is 18.5. The molecular formula is C24H24BrN3O3. The average molecular weight is 482 g/mol. The highest BCUT2D eigenvalue weighted by atomic mass is 79.9. The summed E-state index contributed by atoms with van der Waals surface area (Å²) in [6, 6.07) is 13.6. The summed E-state index contributed by atoms with van der Waals surface area (Å²) >= 11 is 3.50. The van der Waals surface area contributed by atoms with Crippen LogP contribution in [0.1, 0.15) is 29.6 Å². The maximum absolute atomic E-state index is 12.5. The number of imidazole rings is 1. The van der Waals surface area contributed by atoms with E-state index < -0.39 is 0 Å². The molecule has 2 aliphatic rings. The van der Waals surface area contributed by atoms with Gasteiger partial charge in [-0.25, -0.2) is 9.78 Å². The van der Waals surface area contributed by atoms with E-state index in [1.807, 2.05) is 41.3 Å². The molecule has 0 spiro atoms. The molecule has 1 aliphatic carbocycles. The van der Waals surface area contributed by atoms with Crippen molar-refractivity contribution in [3.8, 4) is 11.4 Å². The number of rotatable bonds is 5. The number of hydrogen-bond donors (Lipinski definition) is 0. The van der Waals surface area contributed by atoms with Crippen molar-refractivity contribution < 1.29 is 14.3 Å². The second-order valence-electron chi connectivity index (χ2n) is 8.46. The number of carbonyl (C=O) groups is 2. The zero-order chi connectivity index (χ0) is 21.5. The van der Waals surface area contributed by atoms with Gasteiger partial charge in [-0.15, -0.1) is 0 Å². The Hall–Kier alpha value is -2.67. The first-order valence-corrected chi connectivity index (χ1v) is 11.5. The van der Waals surface area contributed by atoms with Crippen molar-refractivity contribution in [3.05, 3.63) is 52.5 Å². The Kier molecular flexibility index (Phi) is 5.30. The van der Waals surface area contributed by atoms with E-state index in [1.165, 1.54) is 7.11 Å². The summed E-state index contributed by atoms with van der Waals surface area (Å²) in [5, 5.41) is 0. The Balaban J connectivity index is 1.51. The van der Waals surface area contributed by atoms with E-state index in [-0.39, 0.29) is 11.9 Å². The van der Waals surface area contributed by atoms with Crippen molar-refractivity contribution in [1.82, 2.24) is 14.5 Å². The van der Waals surface area contributed by atoms with Crippen LogP contribution in [0.2, 0.25) is 0 Å². The number of aromatic nitrogens is 2. The molecule has 2 heterocycles. The van der Waals surface area contributed by atoms with Gasteiger partial charge >= 0.3 is 5.97 Å². The number of fused-ring (bicyclic) bond motifs is 1. The molecule has 5 rings (SSSR count). The van der Waals surface area contributed by atoms with E-state index in [2.05, 4.69) is 20.5 Å². The van der Waals surface area contributed by atoms with Crippen LogP contribution in [0.15, 0.2) is 46.9 Å². The number of benzene rings is 2. The van der Waals surface area contributed by atoms with Gasteiger partial charge in [-0.2, -0.15) is 0 Å². The zero-order valence-corrected chi connectivity index (χ0v) is 19.0. The van der Waals surface area contributed by atoms with Crippen LogP contribution in [0.5, 0.6) is 0 Å². The van der Waals surface area contributed by atoms with Crippen LogP contribution >= 0.6 is 15.9 Å². The van der Waals surface area contributed by atoms with E-state index in [1.54, 1.807) is 6.07 Å². The summed E-state index contributed by atoms with van der Waals surface area (Å²) in [5.41, 5.74) is 3.28. The number of carbonyl (C=O) groups excluding carboxylic acids is 2. The van der Waals surface area contributed by atoms with Crippen LogP contribution < -0.4 is 0 Å². The summed E-state index contributed by atoms with van der Waals surface area (Å²) in [6.07, 6.45) is 3.06. The number of hydrogen-bond acceptors (Lipinski definition) is 4. The minimum Gasteiger partial charge on any atom is -0.465 e. The molecule has 1 aromatic heterocycles. The van der Waals surface area contributed by atoms with Gasteiger partial charge in [-0.1, -0.05) is 28.1 Å². The molecule has 160 valence electrons. The highest BCUT2D eigenvalue weighted by Crippen LogP contribution is 2.34. The molecule has 0 radical (unpaired) electrons. The molecule has 0 unspecified atom stereocenters. The molecule has 7 heteroatoms. The van der Waals surface area contributed by atoms with E-state index in [4.69, 9.17) is 9.72 Å². The summed E-state index contributed by atoms with van der Waals surface area (Å²) in [7, 11) is 1.39. The second-order valence-corrected chi connectivity index (χ2v) is 9.38. The predicted molar refractivity (Wildman–Crippen MR) is 122 cm³/mol. The lowest BCUT2D eigenvalue weighted by atomic mass is 10.1. The number of halogens is 1. The molecule has 0 bridgehead atoms. The summed E-state index contributed by atoms with van der Waals surface area (Å²) in [5.74, 6) is 1.45. The summed E-state index contributed by atoms with van der Waals surface area (Å²) in [4.78, 5) is 31.5. The molecule has 1 aliphatic heterocycles. The fraction of sp³-hybridized carbons (Fsp3) is 0.375. The van der Waals surface area contributed by atoms with Crippen LogP contribution in [0.25, 0.3) is 22.4 Å². The Morgan fingerprint density at radius 1 is 1.13 bits per heavy atom. The molecule has 2 fully saturated rings. The Morgan fingerprint density at radius 3 is 2.61 bits per heavy atom. The van der Waals surface area contributed by atoms with Gasteiger partial charge in [-0.05, 0) is 55.5 Å². The smallest absolute Gasteiger partial charge is 0.337 e. The van der Waals surface area contributed by atoms with E-state index in [0.717, 1.165) is 65.8 Å². The summed E-state index contributed by atoms with van der Waals surface area (Å²) in [6.45, 7) is 2.36. The fourth-order valence-corrected chi connectivity index (χ4v) is 4.66. The van der Waals surface area contributed by atoms with Crippen molar-refractivity contribution in [3.63, 3.8) is 0 Å². The quantitative estimate of drug-likeness (QED) is 0.502. The third-order valence-corrected chi connectivity index (χ3v) is 6.77. The lowest BCUT2D eigenvalue weighted by molar-refractivity contribution is -0.131. The van der Waals surface area contributed by atoms with Crippen molar-refractivity contribution in [2.24, 2.45) is 11.8 Å². The fourth-order valence-electron chi connectivity index (χ4n) is 4.40. The van der Waals surface area contributed by atoms with Crippen molar-refractivity contribution in [2.45, 2.75) is 25.8 Å². The lowest BCUT2D eigenvalue weighted by Crippen LogP contribution is -2.30. The van der Waals surface area contributed by atoms with Crippen LogP contribution in [0, 0.1) is 11.8 Å². The van der Waals surface area contributed by atoms with Gasteiger partial charge in [0.05, 0.1) is 23.7 Å².